The summed E-state index contributed by atoms with van der Waals surface area (Å²) in [6, 6.07) is 5.49. The molecule has 2 aromatic rings. The van der Waals surface area contributed by atoms with Gasteiger partial charge >= 0.3 is 0 Å². The first kappa shape index (κ1) is 15.0. The molecule has 1 aliphatic heterocycles. The van der Waals surface area contributed by atoms with E-state index in [1.807, 2.05) is 12.1 Å². The second kappa shape index (κ2) is 6.46. The smallest absolute Gasteiger partial charge is 0.251 e. The number of carbonyl (C=O) groups is 1. The number of aromatic nitrogens is 2. The standard InChI is InChI=1S/C16H22N4O2/c1-11-8-20(9-12(2)22-11)6-5-17-16(21)13-3-4-14-15(7-13)19-10-18-14/h3-4,7,10-12H,5-6,8-9H2,1-2H3,(H,17,21)(H,18,19)/t11-,12-/m0/s1. The quantitative estimate of drug-likeness (QED) is 0.896. The molecule has 0 bridgehead atoms. The van der Waals surface area contributed by atoms with Crippen LogP contribution < -0.4 is 5.32 Å². The minimum absolute atomic E-state index is 0.0501. The average Bonchev–Trinajstić information content (AvgIpc) is 2.93. The van der Waals surface area contributed by atoms with Gasteiger partial charge in [-0.05, 0) is 32.0 Å². The highest BCUT2D eigenvalue weighted by Gasteiger charge is 2.21. The minimum atomic E-state index is -0.0501. The first-order valence-corrected chi connectivity index (χ1v) is 7.71. The Balaban J connectivity index is 1.51. The normalized spacial score (nSPS) is 22.8. The number of nitrogens with zero attached hydrogens (tertiary/aromatic N) is 2. The van der Waals surface area contributed by atoms with Crippen molar-refractivity contribution in [1.29, 1.82) is 0 Å². The molecule has 6 heteroatoms. The summed E-state index contributed by atoms with van der Waals surface area (Å²) < 4.78 is 5.71. The van der Waals surface area contributed by atoms with Gasteiger partial charge in [0.1, 0.15) is 0 Å². The van der Waals surface area contributed by atoms with E-state index in [1.165, 1.54) is 0 Å². The third-order valence-corrected chi connectivity index (χ3v) is 3.89. The van der Waals surface area contributed by atoms with Crippen LogP contribution in [0.15, 0.2) is 24.5 Å². The number of amides is 1. The number of ether oxygens (including phenoxy) is 1. The number of aromatic amines is 1. The Morgan fingerprint density at radius 1 is 1.41 bits per heavy atom. The highest BCUT2D eigenvalue weighted by atomic mass is 16.5. The number of morpholine rings is 1. The number of rotatable bonds is 4. The molecular weight excluding hydrogens is 280 g/mol. The maximum Gasteiger partial charge on any atom is 0.251 e. The second-order valence-corrected chi connectivity index (χ2v) is 5.91. The molecule has 0 radical (unpaired) electrons. The molecule has 1 saturated heterocycles. The molecule has 0 unspecified atom stereocenters. The van der Waals surface area contributed by atoms with Gasteiger partial charge in [-0.1, -0.05) is 0 Å². The molecule has 1 aliphatic rings. The third kappa shape index (κ3) is 3.45. The summed E-state index contributed by atoms with van der Waals surface area (Å²) in [5.41, 5.74) is 2.40. The molecule has 0 aliphatic carbocycles. The zero-order valence-corrected chi connectivity index (χ0v) is 13.0. The Morgan fingerprint density at radius 2 is 2.18 bits per heavy atom. The van der Waals surface area contributed by atoms with E-state index in [2.05, 4.69) is 34.0 Å². The molecular formula is C16H22N4O2. The number of fused-ring (bicyclic) bond motifs is 1. The topological polar surface area (TPSA) is 70.2 Å². The van der Waals surface area contributed by atoms with E-state index < -0.39 is 0 Å². The lowest BCUT2D eigenvalue weighted by atomic mass is 10.2. The Labute approximate surface area is 129 Å². The van der Waals surface area contributed by atoms with E-state index >= 15 is 0 Å². The number of nitrogens with one attached hydrogen (secondary N) is 2. The van der Waals surface area contributed by atoms with Crippen molar-refractivity contribution in [2.75, 3.05) is 26.2 Å². The first-order valence-electron chi connectivity index (χ1n) is 7.71. The summed E-state index contributed by atoms with van der Waals surface area (Å²) in [5.74, 6) is -0.0501. The van der Waals surface area contributed by atoms with Crippen molar-refractivity contribution in [2.45, 2.75) is 26.1 Å². The van der Waals surface area contributed by atoms with E-state index in [0.717, 1.165) is 30.7 Å². The molecule has 6 nitrogen and oxygen atoms in total. The van der Waals surface area contributed by atoms with Crippen molar-refractivity contribution in [1.82, 2.24) is 20.2 Å². The van der Waals surface area contributed by atoms with Crippen molar-refractivity contribution in [3.63, 3.8) is 0 Å². The van der Waals surface area contributed by atoms with E-state index in [1.54, 1.807) is 12.4 Å². The Kier molecular flexibility index (Phi) is 4.40. The number of imidazole rings is 1. The molecule has 118 valence electrons. The maximum absolute atomic E-state index is 12.2. The van der Waals surface area contributed by atoms with Gasteiger partial charge in [0, 0.05) is 31.7 Å². The summed E-state index contributed by atoms with van der Waals surface area (Å²) in [6.07, 6.45) is 2.14. The molecule has 3 rings (SSSR count). The van der Waals surface area contributed by atoms with Gasteiger partial charge in [-0.15, -0.1) is 0 Å². The average molecular weight is 302 g/mol. The summed E-state index contributed by atoms with van der Waals surface area (Å²) in [4.78, 5) is 21.7. The van der Waals surface area contributed by atoms with Gasteiger partial charge in [0.15, 0.2) is 0 Å². The molecule has 0 spiro atoms. The van der Waals surface area contributed by atoms with Gasteiger partial charge in [0.25, 0.3) is 5.91 Å². The van der Waals surface area contributed by atoms with Crippen LogP contribution in [0.3, 0.4) is 0 Å². The van der Waals surface area contributed by atoms with Crippen LogP contribution in [0.4, 0.5) is 0 Å². The van der Waals surface area contributed by atoms with Crippen molar-refractivity contribution in [2.24, 2.45) is 0 Å². The van der Waals surface area contributed by atoms with Gasteiger partial charge < -0.3 is 15.0 Å². The maximum atomic E-state index is 12.2. The predicted molar refractivity (Wildman–Crippen MR) is 84.9 cm³/mol. The van der Waals surface area contributed by atoms with Crippen molar-refractivity contribution in [3.8, 4) is 0 Å². The van der Waals surface area contributed by atoms with Gasteiger partial charge in [-0.2, -0.15) is 0 Å². The SMILES string of the molecule is C[C@H]1CN(CCNC(=O)c2ccc3nc[nH]c3c2)C[C@H](C)O1. The number of benzene rings is 1. The van der Waals surface area contributed by atoms with Crippen LogP contribution >= 0.6 is 0 Å². The van der Waals surface area contributed by atoms with E-state index in [9.17, 15) is 4.79 Å². The van der Waals surface area contributed by atoms with Crippen LogP contribution in [0.25, 0.3) is 11.0 Å². The lowest BCUT2D eigenvalue weighted by molar-refractivity contribution is -0.0672. The van der Waals surface area contributed by atoms with Crippen LogP contribution in [0.2, 0.25) is 0 Å². The van der Waals surface area contributed by atoms with E-state index in [4.69, 9.17) is 4.74 Å². The predicted octanol–water partition coefficient (Wildman–Crippen LogP) is 1.40. The molecule has 1 aromatic carbocycles. The molecule has 0 saturated carbocycles. The lowest BCUT2D eigenvalue weighted by Gasteiger charge is -2.35. The number of hydrogen-bond donors (Lipinski definition) is 2. The molecule has 2 atom stereocenters. The second-order valence-electron chi connectivity index (χ2n) is 5.91. The molecule has 2 heterocycles. The van der Waals surface area contributed by atoms with Crippen molar-refractivity contribution in [3.05, 3.63) is 30.1 Å². The summed E-state index contributed by atoms with van der Waals surface area (Å²) in [5, 5.41) is 2.98. The summed E-state index contributed by atoms with van der Waals surface area (Å²) in [6.45, 7) is 7.48. The zero-order chi connectivity index (χ0) is 15.5. The van der Waals surface area contributed by atoms with E-state index in [-0.39, 0.29) is 18.1 Å². The lowest BCUT2D eigenvalue weighted by Crippen LogP contribution is -2.47. The first-order chi connectivity index (χ1) is 10.6. The third-order valence-electron chi connectivity index (χ3n) is 3.89. The molecule has 1 fully saturated rings. The highest BCUT2D eigenvalue weighted by molar-refractivity contribution is 5.97. The monoisotopic (exact) mass is 302 g/mol. The van der Waals surface area contributed by atoms with Gasteiger partial charge in [0.05, 0.1) is 29.6 Å². The Bertz CT molecular complexity index is 644. The van der Waals surface area contributed by atoms with Crippen LogP contribution in [0, 0.1) is 0 Å². The van der Waals surface area contributed by atoms with Crippen LogP contribution in [-0.2, 0) is 4.74 Å². The minimum Gasteiger partial charge on any atom is -0.373 e. The summed E-state index contributed by atoms with van der Waals surface area (Å²) >= 11 is 0. The fraction of sp³-hybridized carbons (Fsp3) is 0.500. The molecule has 2 N–H and O–H groups in total. The van der Waals surface area contributed by atoms with Crippen LogP contribution in [-0.4, -0.2) is 59.2 Å². The molecule has 1 amide bonds. The van der Waals surface area contributed by atoms with Gasteiger partial charge in [0.2, 0.25) is 0 Å². The molecule has 1 aromatic heterocycles. The van der Waals surface area contributed by atoms with Crippen LogP contribution in [0.5, 0.6) is 0 Å². The number of hydrogen-bond acceptors (Lipinski definition) is 4. The van der Waals surface area contributed by atoms with Gasteiger partial charge in [-0.3, -0.25) is 9.69 Å². The Hall–Kier alpha value is -1.92. The van der Waals surface area contributed by atoms with Crippen molar-refractivity contribution < 1.29 is 9.53 Å². The largest absolute Gasteiger partial charge is 0.373 e. The fourth-order valence-corrected chi connectivity index (χ4v) is 2.97. The van der Waals surface area contributed by atoms with Gasteiger partial charge in [-0.25, -0.2) is 4.98 Å². The van der Waals surface area contributed by atoms with E-state index in [0.29, 0.717) is 12.1 Å². The highest BCUT2D eigenvalue weighted by Crippen LogP contribution is 2.12. The fourth-order valence-electron chi connectivity index (χ4n) is 2.97. The number of H-pyrrole nitrogens is 1. The summed E-state index contributed by atoms with van der Waals surface area (Å²) in [7, 11) is 0. The Morgan fingerprint density at radius 3 is 2.95 bits per heavy atom. The number of carbonyl (C=O) groups excluding carboxylic acids is 1. The zero-order valence-electron chi connectivity index (χ0n) is 13.0. The van der Waals surface area contributed by atoms with Crippen molar-refractivity contribution >= 4 is 16.9 Å². The van der Waals surface area contributed by atoms with Crippen LogP contribution in [0.1, 0.15) is 24.2 Å². The molecule has 22 heavy (non-hydrogen) atoms.